The van der Waals surface area contributed by atoms with Gasteiger partial charge >= 0.3 is 0 Å². The minimum Gasteiger partial charge on any atom is -0.314 e. The molecule has 0 aromatic rings. The molecule has 0 aromatic carbocycles. The maximum atomic E-state index is 8.03. The highest BCUT2D eigenvalue weighted by molar-refractivity contribution is 5.69. The van der Waals surface area contributed by atoms with Gasteiger partial charge in [0.1, 0.15) is 0 Å². The number of quaternary nitrogens is 1. The fourth-order valence-corrected chi connectivity index (χ4v) is 1.76. The van der Waals surface area contributed by atoms with Crippen LogP contribution in [0, 0.1) is 5.41 Å². The first-order valence-corrected chi connectivity index (χ1v) is 5.25. The monoisotopic (exact) mass is 184 g/mol. The number of nitrogens with one attached hydrogen (secondary N) is 1. The Morgan fingerprint density at radius 1 is 1.46 bits per heavy atom. The summed E-state index contributed by atoms with van der Waals surface area (Å²) in [6, 6.07) is 0. The van der Waals surface area contributed by atoms with Crippen LogP contribution in [0.2, 0.25) is 0 Å². The molecule has 1 aliphatic rings. The van der Waals surface area contributed by atoms with E-state index in [1.807, 2.05) is 7.05 Å². The second kappa shape index (κ2) is 4.09. The summed E-state index contributed by atoms with van der Waals surface area (Å²) < 4.78 is 0.847. The Labute approximate surface area is 81.4 Å². The van der Waals surface area contributed by atoms with Crippen LogP contribution in [0.15, 0.2) is 0 Å². The number of unbranched alkanes of at least 4 members (excludes halogenated alkanes) is 1. The van der Waals surface area contributed by atoms with Crippen LogP contribution in [0.3, 0.4) is 0 Å². The van der Waals surface area contributed by atoms with Gasteiger partial charge < -0.3 is 4.90 Å². The topological polar surface area (TPSA) is 27.1 Å². The lowest BCUT2D eigenvalue weighted by atomic mass is 10.2. The molecule has 0 amide bonds. The Bertz CT molecular complexity index is 185. The van der Waals surface area contributed by atoms with E-state index in [2.05, 4.69) is 18.9 Å². The van der Waals surface area contributed by atoms with Gasteiger partial charge in [0.15, 0.2) is 0 Å². The molecule has 1 aliphatic heterocycles. The molecule has 1 heterocycles. The average Bonchev–Trinajstić information content (AvgIpc) is 2.09. The summed E-state index contributed by atoms with van der Waals surface area (Å²) in [4.78, 5) is 2.10. The fourth-order valence-electron chi connectivity index (χ4n) is 1.76. The normalized spacial score (nSPS) is 19.3. The Kier molecular flexibility index (Phi) is 3.31. The third-order valence-electron chi connectivity index (χ3n) is 3.02. The molecule has 13 heavy (non-hydrogen) atoms. The smallest absolute Gasteiger partial charge is 0.296 e. The highest BCUT2D eigenvalue weighted by atomic mass is 15.5. The Balaban J connectivity index is 2.37. The van der Waals surface area contributed by atoms with E-state index in [1.54, 1.807) is 0 Å². The lowest BCUT2D eigenvalue weighted by Gasteiger charge is -2.43. The van der Waals surface area contributed by atoms with Gasteiger partial charge in [-0.2, -0.15) is 0 Å². The molecule has 0 aromatic heterocycles. The van der Waals surface area contributed by atoms with E-state index in [9.17, 15) is 0 Å². The van der Waals surface area contributed by atoms with Gasteiger partial charge in [0.25, 0.3) is 5.96 Å². The van der Waals surface area contributed by atoms with Crippen LogP contribution in [-0.2, 0) is 0 Å². The third kappa shape index (κ3) is 2.21. The quantitative estimate of drug-likeness (QED) is 0.402. The second-order valence-corrected chi connectivity index (χ2v) is 4.30. The number of guanidine groups is 1. The fraction of sp³-hybridized carbons (Fsp3) is 0.900. The first-order valence-electron chi connectivity index (χ1n) is 5.25. The summed E-state index contributed by atoms with van der Waals surface area (Å²) in [5.74, 6) is 0.791. The van der Waals surface area contributed by atoms with Crippen molar-refractivity contribution in [1.82, 2.24) is 4.90 Å². The van der Waals surface area contributed by atoms with Gasteiger partial charge in [0.05, 0.1) is 20.1 Å². The van der Waals surface area contributed by atoms with Gasteiger partial charge in [-0.3, -0.25) is 4.48 Å². The summed E-state index contributed by atoms with van der Waals surface area (Å²) in [5, 5.41) is 8.03. The number of hydrogen-bond donors (Lipinski definition) is 1. The molecular formula is C10H22N3+. The first-order chi connectivity index (χ1) is 6.10. The summed E-state index contributed by atoms with van der Waals surface area (Å²) in [6.45, 7) is 5.52. The summed E-state index contributed by atoms with van der Waals surface area (Å²) >= 11 is 0. The zero-order valence-electron chi connectivity index (χ0n) is 9.14. The van der Waals surface area contributed by atoms with Crippen molar-refractivity contribution < 1.29 is 4.48 Å². The van der Waals surface area contributed by atoms with E-state index in [0.717, 1.165) is 30.1 Å². The maximum absolute atomic E-state index is 8.03. The maximum Gasteiger partial charge on any atom is 0.296 e. The van der Waals surface area contributed by atoms with E-state index in [1.165, 1.54) is 19.3 Å². The zero-order valence-corrected chi connectivity index (χ0v) is 9.14. The van der Waals surface area contributed by atoms with E-state index < -0.39 is 0 Å². The van der Waals surface area contributed by atoms with Crippen molar-refractivity contribution >= 4 is 5.96 Å². The molecule has 3 heteroatoms. The summed E-state index contributed by atoms with van der Waals surface area (Å²) in [7, 11) is 4.20. The Morgan fingerprint density at radius 2 is 2.08 bits per heavy atom. The molecule has 0 radical (unpaired) electrons. The SMILES string of the molecule is CCCCN(C)C(=N)[N+]1(C)CCC1. The number of rotatable bonds is 3. The van der Waals surface area contributed by atoms with E-state index in [4.69, 9.17) is 5.41 Å². The second-order valence-electron chi connectivity index (χ2n) is 4.30. The molecule has 1 N–H and O–H groups in total. The Hall–Kier alpha value is -0.570. The molecule has 0 bridgehead atoms. The molecule has 0 aliphatic carbocycles. The van der Waals surface area contributed by atoms with Crippen LogP contribution in [-0.4, -0.2) is 49.1 Å². The van der Waals surface area contributed by atoms with Crippen molar-refractivity contribution in [2.75, 3.05) is 33.7 Å². The van der Waals surface area contributed by atoms with Crippen LogP contribution in [0.1, 0.15) is 26.2 Å². The van der Waals surface area contributed by atoms with Crippen LogP contribution in [0.5, 0.6) is 0 Å². The van der Waals surface area contributed by atoms with Crippen molar-refractivity contribution in [3.05, 3.63) is 0 Å². The van der Waals surface area contributed by atoms with Gasteiger partial charge in [-0.25, -0.2) is 5.41 Å². The predicted molar refractivity (Wildman–Crippen MR) is 55.8 cm³/mol. The highest BCUT2D eigenvalue weighted by Gasteiger charge is 2.37. The van der Waals surface area contributed by atoms with Gasteiger partial charge in [0, 0.05) is 20.0 Å². The van der Waals surface area contributed by atoms with Crippen molar-refractivity contribution in [2.24, 2.45) is 0 Å². The van der Waals surface area contributed by atoms with Crippen LogP contribution in [0.4, 0.5) is 0 Å². The van der Waals surface area contributed by atoms with E-state index in [0.29, 0.717) is 0 Å². The molecule has 0 unspecified atom stereocenters. The lowest BCUT2D eigenvalue weighted by Crippen LogP contribution is -2.62. The first kappa shape index (κ1) is 10.5. The van der Waals surface area contributed by atoms with E-state index in [-0.39, 0.29) is 0 Å². The molecule has 1 fully saturated rings. The lowest BCUT2D eigenvalue weighted by molar-refractivity contribution is -0.867. The molecular weight excluding hydrogens is 162 g/mol. The van der Waals surface area contributed by atoms with Gasteiger partial charge in [-0.15, -0.1) is 0 Å². The molecule has 1 rings (SSSR count). The zero-order chi connectivity index (χ0) is 9.90. The van der Waals surface area contributed by atoms with Gasteiger partial charge in [-0.1, -0.05) is 13.3 Å². The largest absolute Gasteiger partial charge is 0.314 e. The van der Waals surface area contributed by atoms with E-state index >= 15 is 0 Å². The van der Waals surface area contributed by atoms with Crippen molar-refractivity contribution in [2.45, 2.75) is 26.2 Å². The summed E-state index contributed by atoms with van der Waals surface area (Å²) in [6.07, 6.45) is 3.68. The van der Waals surface area contributed by atoms with Crippen molar-refractivity contribution in [3.8, 4) is 0 Å². The van der Waals surface area contributed by atoms with Crippen molar-refractivity contribution in [3.63, 3.8) is 0 Å². The molecule has 0 saturated carbocycles. The van der Waals surface area contributed by atoms with Crippen LogP contribution in [0.25, 0.3) is 0 Å². The number of hydrogen-bond acceptors (Lipinski definition) is 1. The van der Waals surface area contributed by atoms with Crippen LogP contribution >= 0.6 is 0 Å². The average molecular weight is 184 g/mol. The van der Waals surface area contributed by atoms with Crippen LogP contribution < -0.4 is 0 Å². The summed E-state index contributed by atoms with van der Waals surface area (Å²) in [5.41, 5.74) is 0. The predicted octanol–water partition coefficient (Wildman–Crippen LogP) is 1.50. The molecule has 0 atom stereocenters. The highest BCUT2D eigenvalue weighted by Crippen LogP contribution is 2.18. The van der Waals surface area contributed by atoms with Gasteiger partial charge in [-0.05, 0) is 6.42 Å². The molecule has 1 saturated heterocycles. The van der Waals surface area contributed by atoms with Crippen molar-refractivity contribution in [1.29, 1.82) is 5.41 Å². The molecule has 0 spiro atoms. The third-order valence-corrected chi connectivity index (χ3v) is 3.02. The van der Waals surface area contributed by atoms with Gasteiger partial charge in [0.2, 0.25) is 0 Å². The number of likely N-dealkylation sites (tertiary alicyclic amines) is 1. The minimum absolute atomic E-state index is 0.791. The Morgan fingerprint density at radius 3 is 2.46 bits per heavy atom. The number of nitrogens with zero attached hydrogens (tertiary/aromatic N) is 2. The minimum atomic E-state index is 0.791. The molecule has 76 valence electrons. The molecule has 3 nitrogen and oxygen atoms in total. The standard InChI is InChI=1S/C10H22N3/c1-4-5-7-12(2)10(11)13(3)8-6-9-13/h11H,4-9H2,1-3H3/q+1.